The van der Waals surface area contributed by atoms with Crippen LogP contribution in [0.3, 0.4) is 0 Å². The molecule has 1 aromatic heterocycles. The highest BCUT2D eigenvalue weighted by molar-refractivity contribution is 9.10. The van der Waals surface area contributed by atoms with Crippen LogP contribution in [0.2, 0.25) is 0 Å². The number of carboxylic acids is 1. The highest BCUT2D eigenvalue weighted by Gasteiger charge is 2.23. The molecule has 0 atom stereocenters. The van der Waals surface area contributed by atoms with Gasteiger partial charge in [0.2, 0.25) is 0 Å². The molecule has 0 unspecified atom stereocenters. The summed E-state index contributed by atoms with van der Waals surface area (Å²) in [5.41, 5.74) is 2.52. The molecule has 32 heavy (non-hydrogen) atoms. The van der Waals surface area contributed by atoms with E-state index in [-0.39, 0.29) is 5.69 Å². The number of aromatic nitrogens is 1. The molecule has 1 heterocycles. The Morgan fingerprint density at radius 2 is 1.78 bits per heavy atom. The largest absolute Gasteiger partial charge is 0.488 e. The first kappa shape index (κ1) is 22.1. The zero-order valence-corrected chi connectivity index (χ0v) is 18.3. The highest BCUT2D eigenvalue weighted by atomic mass is 79.9. The Kier molecular flexibility index (Phi) is 6.32. The second-order valence-corrected chi connectivity index (χ2v) is 8.19. The van der Waals surface area contributed by atoms with E-state index in [1.165, 1.54) is 6.07 Å². The molecular weight excluding hydrogens is 487 g/mol. The lowest BCUT2D eigenvalue weighted by Crippen LogP contribution is -2.05. The number of hydrogen-bond donors (Lipinski definition) is 1. The molecule has 3 aromatic rings. The molecule has 8 heteroatoms. The number of halogens is 4. The second-order valence-electron chi connectivity index (χ2n) is 7.27. The Balaban J connectivity index is 1.73. The fourth-order valence-electron chi connectivity index (χ4n) is 3.76. The van der Waals surface area contributed by atoms with Crippen molar-refractivity contribution in [3.8, 4) is 5.75 Å². The van der Waals surface area contributed by atoms with E-state index in [0.717, 1.165) is 34.2 Å². The summed E-state index contributed by atoms with van der Waals surface area (Å²) in [5, 5.41) is 9.27. The highest BCUT2D eigenvalue weighted by Crippen LogP contribution is 2.43. The van der Waals surface area contributed by atoms with Crippen molar-refractivity contribution >= 4 is 33.0 Å². The van der Waals surface area contributed by atoms with Gasteiger partial charge in [0.15, 0.2) is 11.6 Å². The van der Waals surface area contributed by atoms with Crippen LogP contribution in [-0.4, -0.2) is 16.1 Å². The zero-order chi connectivity index (χ0) is 22.8. The van der Waals surface area contributed by atoms with Crippen LogP contribution in [0.4, 0.5) is 13.2 Å². The molecule has 164 valence electrons. The summed E-state index contributed by atoms with van der Waals surface area (Å²) in [5.74, 6) is -4.05. The van der Waals surface area contributed by atoms with Crippen molar-refractivity contribution in [3.05, 3.63) is 93.0 Å². The first-order valence-electron chi connectivity index (χ1n) is 9.83. The topological polar surface area (TPSA) is 59.4 Å². The number of carboxylic acid groups (broad SMARTS) is 1. The van der Waals surface area contributed by atoms with E-state index in [0.29, 0.717) is 29.8 Å². The number of allylic oxidation sites excluding steroid dienone is 2. The summed E-state index contributed by atoms with van der Waals surface area (Å²) in [6.45, 7) is -0.487. The van der Waals surface area contributed by atoms with E-state index in [4.69, 9.17) is 4.74 Å². The van der Waals surface area contributed by atoms with Crippen LogP contribution in [0.1, 0.15) is 46.6 Å². The zero-order valence-electron chi connectivity index (χ0n) is 16.7. The van der Waals surface area contributed by atoms with Crippen molar-refractivity contribution in [2.45, 2.75) is 25.9 Å². The second kappa shape index (κ2) is 9.16. The maximum Gasteiger partial charge on any atom is 0.354 e. The molecule has 2 aromatic carbocycles. The van der Waals surface area contributed by atoms with Crippen molar-refractivity contribution in [2.24, 2.45) is 0 Å². The minimum atomic E-state index is -1.28. The quantitative estimate of drug-likeness (QED) is 0.383. The molecule has 0 amide bonds. The fraction of sp³-hybridized carbons (Fsp3) is 0.167. The van der Waals surface area contributed by atoms with Crippen LogP contribution in [0, 0.1) is 17.5 Å². The molecule has 0 saturated heterocycles. The summed E-state index contributed by atoms with van der Waals surface area (Å²) in [6, 6.07) is 11.6. The minimum absolute atomic E-state index is 0.0518. The number of aromatic carboxylic acids is 1. The van der Waals surface area contributed by atoms with E-state index >= 15 is 0 Å². The van der Waals surface area contributed by atoms with Crippen LogP contribution in [0.25, 0.3) is 11.1 Å². The van der Waals surface area contributed by atoms with Crippen LogP contribution in [0.5, 0.6) is 5.75 Å². The monoisotopic (exact) mass is 503 g/mol. The lowest BCUT2D eigenvalue weighted by molar-refractivity contribution is 0.0690. The number of rotatable bonds is 6. The average molecular weight is 504 g/mol. The molecule has 0 aliphatic heterocycles. The van der Waals surface area contributed by atoms with E-state index in [9.17, 15) is 23.1 Å². The maximum atomic E-state index is 14.0. The molecule has 1 aliphatic carbocycles. The third-order valence-corrected chi connectivity index (χ3v) is 5.77. The van der Waals surface area contributed by atoms with Crippen LogP contribution >= 0.6 is 15.9 Å². The Morgan fingerprint density at radius 3 is 2.56 bits per heavy atom. The molecule has 1 aliphatic rings. The SMILES string of the molecule is O=C(O)c1cccc(C2=C(c3cc(Br)ccc3OCc3c(F)ccc(F)c3F)CCC2)n1. The number of carbonyl (C=O) groups is 1. The van der Waals surface area contributed by atoms with Crippen molar-refractivity contribution < 1.29 is 27.8 Å². The summed E-state index contributed by atoms with van der Waals surface area (Å²) in [7, 11) is 0. The third-order valence-electron chi connectivity index (χ3n) is 5.27. The molecule has 4 nitrogen and oxygen atoms in total. The van der Waals surface area contributed by atoms with Gasteiger partial charge in [0.25, 0.3) is 0 Å². The van der Waals surface area contributed by atoms with Crippen LogP contribution < -0.4 is 4.74 Å². The lowest BCUT2D eigenvalue weighted by Gasteiger charge is -2.16. The number of benzene rings is 2. The Labute approximate surface area is 190 Å². The number of pyridine rings is 1. The molecule has 0 fully saturated rings. The van der Waals surface area contributed by atoms with Gasteiger partial charge in [-0.3, -0.25) is 0 Å². The van der Waals surface area contributed by atoms with Crippen LogP contribution in [0.15, 0.2) is 53.0 Å². The van der Waals surface area contributed by atoms with Gasteiger partial charge >= 0.3 is 5.97 Å². The predicted molar refractivity (Wildman–Crippen MR) is 117 cm³/mol. The van der Waals surface area contributed by atoms with Gasteiger partial charge < -0.3 is 9.84 Å². The Hall–Kier alpha value is -3.13. The van der Waals surface area contributed by atoms with Gasteiger partial charge in [-0.05, 0) is 72.9 Å². The predicted octanol–water partition coefficient (Wildman–Crippen LogP) is 6.63. The van der Waals surface area contributed by atoms with Gasteiger partial charge in [-0.1, -0.05) is 22.0 Å². The van der Waals surface area contributed by atoms with Crippen LogP contribution in [-0.2, 0) is 6.61 Å². The van der Waals surface area contributed by atoms with Gasteiger partial charge in [0.1, 0.15) is 23.9 Å². The van der Waals surface area contributed by atoms with Crippen molar-refractivity contribution in [1.29, 1.82) is 0 Å². The fourth-order valence-corrected chi connectivity index (χ4v) is 4.12. The molecular formula is C24H17BrF3NO3. The first-order chi connectivity index (χ1) is 15.3. The third kappa shape index (κ3) is 4.41. The number of nitrogens with zero attached hydrogens (tertiary/aromatic N) is 1. The van der Waals surface area contributed by atoms with E-state index in [2.05, 4.69) is 20.9 Å². The minimum Gasteiger partial charge on any atom is -0.488 e. The molecule has 0 spiro atoms. The average Bonchev–Trinajstić information content (AvgIpc) is 3.27. The van der Waals surface area contributed by atoms with E-state index in [1.54, 1.807) is 24.3 Å². The Morgan fingerprint density at radius 1 is 1.03 bits per heavy atom. The maximum absolute atomic E-state index is 14.0. The standard InChI is InChI=1S/C24H17BrF3NO3/c25-13-7-10-22(32-12-17-18(26)8-9-19(27)23(17)28)16(11-13)14-3-1-4-15(14)20-5-2-6-21(29-20)24(30)31/h2,5-11H,1,3-4,12H2,(H,30,31). The summed E-state index contributed by atoms with van der Waals surface area (Å²) >= 11 is 3.44. The molecule has 0 bridgehead atoms. The van der Waals surface area contributed by atoms with Gasteiger partial charge in [-0.2, -0.15) is 0 Å². The van der Waals surface area contributed by atoms with Gasteiger partial charge in [0.05, 0.1) is 11.3 Å². The molecule has 0 radical (unpaired) electrons. The van der Waals surface area contributed by atoms with Crippen molar-refractivity contribution in [2.75, 3.05) is 0 Å². The Bertz CT molecular complexity index is 1240. The van der Waals surface area contributed by atoms with E-state index in [1.807, 2.05) is 6.07 Å². The van der Waals surface area contributed by atoms with Gasteiger partial charge in [0, 0.05) is 10.0 Å². The van der Waals surface area contributed by atoms with Crippen molar-refractivity contribution in [3.63, 3.8) is 0 Å². The molecule has 4 rings (SSSR count). The lowest BCUT2D eigenvalue weighted by atomic mass is 9.99. The van der Waals surface area contributed by atoms with Gasteiger partial charge in [-0.15, -0.1) is 0 Å². The smallest absolute Gasteiger partial charge is 0.354 e. The summed E-state index contributed by atoms with van der Waals surface area (Å²) in [4.78, 5) is 15.6. The van der Waals surface area contributed by atoms with Gasteiger partial charge in [-0.25, -0.2) is 22.9 Å². The summed E-state index contributed by atoms with van der Waals surface area (Å²) in [6.07, 6.45) is 2.23. The number of ether oxygens (including phenoxy) is 1. The van der Waals surface area contributed by atoms with E-state index < -0.39 is 35.6 Å². The molecule has 0 saturated carbocycles. The first-order valence-corrected chi connectivity index (χ1v) is 10.6. The normalized spacial score (nSPS) is 13.5. The molecule has 1 N–H and O–H groups in total. The summed E-state index contributed by atoms with van der Waals surface area (Å²) < 4.78 is 48.1. The van der Waals surface area contributed by atoms with Crippen molar-refractivity contribution in [1.82, 2.24) is 4.98 Å². The number of hydrogen-bond acceptors (Lipinski definition) is 3.